The predicted octanol–water partition coefficient (Wildman–Crippen LogP) is 3.72. The van der Waals surface area contributed by atoms with Crippen LogP contribution >= 0.6 is 0 Å². The molecule has 0 heterocycles. The van der Waals surface area contributed by atoms with Gasteiger partial charge in [-0.15, -0.1) is 0 Å². The summed E-state index contributed by atoms with van der Waals surface area (Å²) in [5.74, 6) is 0.412. The molecule has 100 valence electrons. The molecule has 0 saturated carbocycles. The van der Waals surface area contributed by atoms with E-state index < -0.39 is 0 Å². The van der Waals surface area contributed by atoms with E-state index in [4.69, 9.17) is 9.47 Å². The predicted molar refractivity (Wildman–Crippen MR) is 75.8 cm³/mol. The smallest absolute Gasteiger partial charge is 0.338 e. The van der Waals surface area contributed by atoms with Crippen LogP contribution in [0.3, 0.4) is 0 Å². The Labute approximate surface area is 113 Å². The summed E-state index contributed by atoms with van der Waals surface area (Å²) in [4.78, 5) is 11.9. The van der Waals surface area contributed by atoms with Crippen LogP contribution in [0.4, 0.5) is 0 Å². The minimum atomic E-state index is -0.313. The zero-order valence-corrected chi connectivity index (χ0v) is 11.5. The van der Waals surface area contributed by atoms with E-state index in [2.05, 4.69) is 0 Å². The molecule has 0 fully saturated rings. The van der Waals surface area contributed by atoms with Gasteiger partial charge in [-0.1, -0.05) is 23.8 Å². The first-order valence-electron chi connectivity index (χ1n) is 6.50. The molecule has 0 saturated heterocycles. The number of carbonyl (C=O) groups is 1. The van der Waals surface area contributed by atoms with Crippen LogP contribution in [-0.2, 0) is 4.74 Å². The van der Waals surface area contributed by atoms with Crippen molar-refractivity contribution in [2.75, 3.05) is 13.2 Å². The number of ether oxygens (including phenoxy) is 2. The summed E-state index contributed by atoms with van der Waals surface area (Å²) in [6, 6.07) is 9.70. The van der Waals surface area contributed by atoms with E-state index in [1.165, 1.54) is 0 Å². The number of aryl methyl sites for hydroxylation is 1. The van der Waals surface area contributed by atoms with Gasteiger partial charge in [-0.25, -0.2) is 4.79 Å². The maximum absolute atomic E-state index is 11.9. The highest BCUT2D eigenvalue weighted by Gasteiger charge is 2.12. The Morgan fingerprint density at radius 2 is 1.89 bits per heavy atom. The lowest BCUT2D eigenvalue weighted by molar-refractivity contribution is 0.0526. The zero-order chi connectivity index (χ0) is 13.8. The molecule has 0 aliphatic rings. The van der Waals surface area contributed by atoms with Gasteiger partial charge in [-0.2, -0.15) is 0 Å². The molecule has 0 spiro atoms. The fourth-order valence-corrected chi connectivity index (χ4v) is 2.06. The maximum atomic E-state index is 11.9. The largest absolute Gasteiger partial charge is 0.493 e. The Hall–Kier alpha value is -2.03. The molecule has 2 aromatic carbocycles. The minimum absolute atomic E-state index is 0.313. The van der Waals surface area contributed by atoms with Gasteiger partial charge in [0.1, 0.15) is 5.75 Å². The Morgan fingerprint density at radius 3 is 2.58 bits per heavy atom. The van der Waals surface area contributed by atoms with E-state index in [9.17, 15) is 4.79 Å². The fraction of sp³-hybridized carbons (Fsp3) is 0.312. The molecular formula is C16H18O3. The summed E-state index contributed by atoms with van der Waals surface area (Å²) in [5, 5.41) is 2.01. The molecule has 0 bridgehead atoms. The van der Waals surface area contributed by atoms with E-state index in [1.807, 2.05) is 38.1 Å². The van der Waals surface area contributed by atoms with Crippen molar-refractivity contribution in [3.63, 3.8) is 0 Å². The Bertz CT molecular complexity index is 602. The fourth-order valence-electron chi connectivity index (χ4n) is 2.06. The lowest BCUT2D eigenvalue weighted by Gasteiger charge is -2.11. The van der Waals surface area contributed by atoms with Gasteiger partial charge >= 0.3 is 5.97 Å². The van der Waals surface area contributed by atoms with Gasteiger partial charge < -0.3 is 9.47 Å². The molecular weight excluding hydrogens is 240 g/mol. The summed E-state index contributed by atoms with van der Waals surface area (Å²) in [7, 11) is 0. The third-order valence-electron chi connectivity index (χ3n) is 2.88. The average molecular weight is 258 g/mol. The van der Waals surface area contributed by atoms with Crippen molar-refractivity contribution in [1.82, 2.24) is 0 Å². The second kappa shape index (κ2) is 5.74. The molecule has 0 aliphatic heterocycles. The summed E-state index contributed by atoms with van der Waals surface area (Å²) in [5.41, 5.74) is 1.68. The summed E-state index contributed by atoms with van der Waals surface area (Å²) in [6.07, 6.45) is 0. The number of esters is 1. The van der Waals surface area contributed by atoms with Crippen LogP contribution in [-0.4, -0.2) is 19.2 Å². The Morgan fingerprint density at radius 1 is 1.11 bits per heavy atom. The molecule has 0 amide bonds. The average Bonchev–Trinajstić information content (AvgIpc) is 2.38. The molecule has 0 aromatic heterocycles. The van der Waals surface area contributed by atoms with E-state index in [1.54, 1.807) is 13.0 Å². The number of carbonyl (C=O) groups excluding carboxylic acids is 1. The number of benzene rings is 2. The second-order valence-corrected chi connectivity index (χ2v) is 4.35. The van der Waals surface area contributed by atoms with Crippen molar-refractivity contribution in [1.29, 1.82) is 0 Å². The van der Waals surface area contributed by atoms with Crippen molar-refractivity contribution < 1.29 is 14.3 Å². The van der Waals surface area contributed by atoms with Crippen molar-refractivity contribution in [2.24, 2.45) is 0 Å². The highest BCUT2D eigenvalue weighted by molar-refractivity contribution is 5.98. The summed E-state index contributed by atoms with van der Waals surface area (Å²) >= 11 is 0. The number of hydrogen-bond acceptors (Lipinski definition) is 3. The van der Waals surface area contributed by atoms with Crippen molar-refractivity contribution >= 4 is 16.7 Å². The standard InChI is InChI=1S/C16H18O3/c1-4-18-15-10-13(16(17)19-5-2)9-12-8-11(3)6-7-14(12)15/h6-10H,4-5H2,1-3H3. The van der Waals surface area contributed by atoms with Crippen molar-refractivity contribution in [2.45, 2.75) is 20.8 Å². The Kier molecular flexibility index (Phi) is 4.05. The van der Waals surface area contributed by atoms with Crippen LogP contribution in [0.25, 0.3) is 10.8 Å². The molecule has 0 N–H and O–H groups in total. The van der Waals surface area contributed by atoms with Crippen molar-refractivity contribution in [3.8, 4) is 5.75 Å². The van der Waals surface area contributed by atoms with Gasteiger partial charge in [0.2, 0.25) is 0 Å². The molecule has 3 nitrogen and oxygen atoms in total. The lowest BCUT2D eigenvalue weighted by Crippen LogP contribution is -2.05. The first-order chi connectivity index (χ1) is 9.15. The topological polar surface area (TPSA) is 35.5 Å². The number of fused-ring (bicyclic) bond motifs is 1. The van der Waals surface area contributed by atoms with E-state index in [-0.39, 0.29) is 5.97 Å². The number of hydrogen-bond donors (Lipinski definition) is 0. The molecule has 0 radical (unpaired) electrons. The lowest BCUT2D eigenvalue weighted by atomic mass is 10.0. The molecule has 3 heteroatoms. The molecule has 19 heavy (non-hydrogen) atoms. The third kappa shape index (κ3) is 2.87. The van der Waals surface area contributed by atoms with Crippen LogP contribution in [0, 0.1) is 6.92 Å². The van der Waals surface area contributed by atoms with Crippen LogP contribution in [0.15, 0.2) is 30.3 Å². The summed E-state index contributed by atoms with van der Waals surface area (Å²) in [6.45, 7) is 6.68. The minimum Gasteiger partial charge on any atom is -0.493 e. The quantitative estimate of drug-likeness (QED) is 0.784. The van der Waals surface area contributed by atoms with E-state index in [0.717, 1.165) is 22.1 Å². The van der Waals surface area contributed by atoms with Gasteiger partial charge in [0.15, 0.2) is 0 Å². The van der Waals surface area contributed by atoms with Gasteiger partial charge in [0, 0.05) is 5.39 Å². The Balaban J connectivity index is 2.58. The van der Waals surface area contributed by atoms with Gasteiger partial charge in [0.05, 0.1) is 18.8 Å². The highest BCUT2D eigenvalue weighted by atomic mass is 16.5. The molecule has 0 aliphatic carbocycles. The monoisotopic (exact) mass is 258 g/mol. The molecule has 0 atom stereocenters. The maximum Gasteiger partial charge on any atom is 0.338 e. The molecule has 0 unspecified atom stereocenters. The molecule has 2 aromatic rings. The zero-order valence-electron chi connectivity index (χ0n) is 11.5. The highest BCUT2D eigenvalue weighted by Crippen LogP contribution is 2.29. The van der Waals surface area contributed by atoms with Crippen LogP contribution in [0.5, 0.6) is 5.75 Å². The van der Waals surface area contributed by atoms with Gasteiger partial charge in [-0.05, 0) is 38.3 Å². The normalized spacial score (nSPS) is 10.5. The molecule has 2 rings (SSSR count). The van der Waals surface area contributed by atoms with Crippen LogP contribution < -0.4 is 4.74 Å². The van der Waals surface area contributed by atoms with E-state index in [0.29, 0.717) is 18.8 Å². The SMILES string of the molecule is CCOC(=O)c1cc(OCC)c2ccc(C)cc2c1. The first kappa shape index (κ1) is 13.4. The van der Waals surface area contributed by atoms with Crippen LogP contribution in [0.1, 0.15) is 29.8 Å². The summed E-state index contributed by atoms with van der Waals surface area (Å²) < 4.78 is 10.7. The van der Waals surface area contributed by atoms with Gasteiger partial charge in [-0.3, -0.25) is 0 Å². The second-order valence-electron chi connectivity index (χ2n) is 4.35. The van der Waals surface area contributed by atoms with Crippen LogP contribution in [0.2, 0.25) is 0 Å². The van der Waals surface area contributed by atoms with E-state index >= 15 is 0 Å². The first-order valence-corrected chi connectivity index (χ1v) is 6.50. The van der Waals surface area contributed by atoms with Gasteiger partial charge in [0.25, 0.3) is 0 Å². The third-order valence-corrected chi connectivity index (χ3v) is 2.88. The number of rotatable bonds is 4. The van der Waals surface area contributed by atoms with Crippen molar-refractivity contribution in [3.05, 3.63) is 41.5 Å².